The minimum absolute atomic E-state index is 0.000792. The summed E-state index contributed by atoms with van der Waals surface area (Å²) >= 11 is 0. The number of ketones is 1. The van der Waals surface area contributed by atoms with E-state index in [1.165, 1.54) is 13.8 Å². The lowest BCUT2D eigenvalue weighted by Crippen LogP contribution is -2.58. The molecule has 1 aromatic rings. The lowest BCUT2D eigenvalue weighted by molar-refractivity contribution is -0.133. The van der Waals surface area contributed by atoms with Gasteiger partial charge in [-0.05, 0) is 25.3 Å². The molecular formula is C17H26N6O3. The van der Waals surface area contributed by atoms with Crippen LogP contribution in [0.4, 0.5) is 0 Å². The van der Waals surface area contributed by atoms with Gasteiger partial charge in [-0.15, -0.1) is 5.10 Å². The highest BCUT2D eigenvalue weighted by molar-refractivity contribution is 5.91. The monoisotopic (exact) mass is 362 g/mol. The Bertz CT molecular complexity index is 688. The van der Waals surface area contributed by atoms with Crippen molar-refractivity contribution in [3.63, 3.8) is 0 Å². The van der Waals surface area contributed by atoms with E-state index in [1.807, 2.05) is 0 Å². The second-order valence-electron chi connectivity index (χ2n) is 7.20. The summed E-state index contributed by atoms with van der Waals surface area (Å²) in [6, 6.07) is 0.318. The fraction of sp³-hybridized carbons (Fsp3) is 0.706. The highest BCUT2D eigenvalue weighted by atomic mass is 16.2. The van der Waals surface area contributed by atoms with Crippen LogP contribution in [0.5, 0.6) is 0 Å². The number of fused-ring (bicyclic) bond motifs is 3. The molecule has 3 fully saturated rings. The van der Waals surface area contributed by atoms with Crippen LogP contribution >= 0.6 is 0 Å². The van der Waals surface area contributed by atoms with Gasteiger partial charge in [0.05, 0.1) is 18.7 Å². The normalized spacial score (nSPS) is 27.2. The summed E-state index contributed by atoms with van der Waals surface area (Å²) in [6.45, 7) is 6.27. The molecule has 0 saturated carbocycles. The number of aromatic nitrogens is 3. The highest BCUT2D eigenvalue weighted by Crippen LogP contribution is 2.36. The summed E-state index contributed by atoms with van der Waals surface area (Å²) in [5.41, 5.74) is 0.386. The summed E-state index contributed by atoms with van der Waals surface area (Å²) in [4.78, 5) is 37.0. The van der Waals surface area contributed by atoms with Gasteiger partial charge >= 0.3 is 0 Å². The average Bonchev–Trinajstić information content (AvgIpc) is 3.08. The maximum atomic E-state index is 12.5. The molecule has 2 amide bonds. The number of rotatable bonds is 7. The SMILES string of the molecule is CC(=O)NCCNC(=O)C1CN2CCC1CC2Cn1cc(C(C)=O)nn1. The van der Waals surface area contributed by atoms with Crippen LogP contribution in [-0.4, -0.2) is 69.7 Å². The zero-order valence-electron chi connectivity index (χ0n) is 15.3. The smallest absolute Gasteiger partial charge is 0.224 e. The van der Waals surface area contributed by atoms with Crippen molar-refractivity contribution in [1.29, 1.82) is 0 Å². The maximum Gasteiger partial charge on any atom is 0.224 e. The molecule has 0 spiro atoms. The summed E-state index contributed by atoms with van der Waals surface area (Å²) < 4.78 is 1.73. The van der Waals surface area contributed by atoms with Gasteiger partial charge in [0.1, 0.15) is 5.69 Å². The molecule has 4 unspecified atom stereocenters. The molecule has 0 aromatic carbocycles. The number of carbonyl (C=O) groups is 3. The van der Waals surface area contributed by atoms with Crippen LogP contribution in [0.3, 0.4) is 0 Å². The first-order valence-corrected chi connectivity index (χ1v) is 9.11. The lowest BCUT2D eigenvalue weighted by atomic mass is 9.75. The van der Waals surface area contributed by atoms with E-state index < -0.39 is 0 Å². The van der Waals surface area contributed by atoms with E-state index in [9.17, 15) is 14.4 Å². The summed E-state index contributed by atoms with van der Waals surface area (Å²) in [7, 11) is 0. The molecule has 3 saturated heterocycles. The van der Waals surface area contributed by atoms with Gasteiger partial charge in [-0.2, -0.15) is 0 Å². The molecule has 2 N–H and O–H groups in total. The molecule has 3 aliphatic rings. The van der Waals surface area contributed by atoms with E-state index in [1.54, 1.807) is 10.9 Å². The Morgan fingerprint density at radius 3 is 2.62 bits per heavy atom. The van der Waals surface area contributed by atoms with Crippen molar-refractivity contribution in [3.8, 4) is 0 Å². The zero-order valence-corrected chi connectivity index (χ0v) is 15.3. The summed E-state index contributed by atoms with van der Waals surface area (Å²) in [5, 5.41) is 13.5. The van der Waals surface area contributed by atoms with Crippen LogP contribution < -0.4 is 10.6 Å². The molecule has 9 nitrogen and oxygen atoms in total. The second kappa shape index (κ2) is 7.94. The Morgan fingerprint density at radius 1 is 1.23 bits per heavy atom. The Morgan fingerprint density at radius 2 is 2.00 bits per heavy atom. The minimum atomic E-state index is -0.0917. The molecule has 3 aliphatic heterocycles. The number of hydrogen-bond donors (Lipinski definition) is 2. The molecule has 4 atom stereocenters. The summed E-state index contributed by atoms with van der Waals surface area (Å²) in [6.07, 6.45) is 3.66. The van der Waals surface area contributed by atoms with Crippen molar-refractivity contribution in [1.82, 2.24) is 30.5 Å². The van der Waals surface area contributed by atoms with Gasteiger partial charge in [0.25, 0.3) is 0 Å². The molecule has 0 aliphatic carbocycles. The second-order valence-corrected chi connectivity index (χ2v) is 7.20. The topological polar surface area (TPSA) is 109 Å². The number of hydrogen-bond acceptors (Lipinski definition) is 6. The van der Waals surface area contributed by atoms with E-state index in [0.717, 1.165) is 25.9 Å². The third kappa shape index (κ3) is 4.27. The van der Waals surface area contributed by atoms with E-state index >= 15 is 0 Å². The van der Waals surface area contributed by atoms with Crippen LogP contribution in [0.25, 0.3) is 0 Å². The number of carbonyl (C=O) groups excluding carboxylic acids is 3. The number of Topliss-reactive ketones (excluding diaryl/α,β-unsaturated/α-hetero) is 1. The van der Waals surface area contributed by atoms with Crippen molar-refractivity contribution in [2.45, 2.75) is 39.3 Å². The van der Waals surface area contributed by atoms with E-state index in [2.05, 4.69) is 25.8 Å². The average molecular weight is 362 g/mol. The number of amides is 2. The third-order valence-corrected chi connectivity index (χ3v) is 5.31. The molecule has 2 bridgehead atoms. The molecular weight excluding hydrogens is 336 g/mol. The highest BCUT2D eigenvalue weighted by Gasteiger charge is 2.43. The van der Waals surface area contributed by atoms with Crippen molar-refractivity contribution >= 4 is 17.6 Å². The largest absolute Gasteiger partial charge is 0.355 e. The van der Waals surface area contributed by atoms with Crippen LogP contribution in [-0.2, 0) is 16.1 Å². The van der Waals surface area contributed by atoms with Gasteiger partial charge in [0.15, 0.2) is 5.78 Å². The number of nitrogens with one attached hydrogen (secondary N) is 2. The molecule has 0 radical (unpaired) electrons. The standard InChI is InChI=1S/C17H26N6O3/c1-11(24)16-10-23(21-20-16)8-14-7-13-3-6-22(14)9-15(13)17(26)19-5-4-18-12(2)25/h10,13-15H,3-9H2,1-2H3,(H,18,25)(H,19,26). The third-order valence-electron chi connectivity index (χ3n) is 5.31. The van der Waals surface area contributed by atoms with Gasteiger partial charge < -0.3 is 10.6 Å². The fourth-order valence-electron chi connectivity index (χ4n) is 3.95. The van der Waals surface area contributed by atoms with Crippen LogP contribution in [0.2, 0.25) is 0 Å². The Balaban J connectivity index is 1.51. The van der Waals surface area contributed by atoms with Crippen molar-refractivity contribution < 1.29 is 14.4 Å². The van der Waals surface area contributed by atoms with E-state index in [4.69, 9.17) is 0 Å². The molecule has 4 heterocycles. The first-order chi connectivity index (χ1) is 12.4. The first kappa shape index (κ1) is 18.5. The fourth-order valence-corrected chi connectivity index (χ4v) is 3.95. The lowest BCUT2D eigenvalue weighted by Gasteiger charge is -2.49. The Hall–Kier alpha value is -2.29. The van der Waals surface area contributed by atoms with Crippen molar-refractivity contribution in [3.05, 3.63) is 11.9 Å². The molecule has 9 heteroatoms. The molecule has 4 rings (SSSR count). The van der Waals surface area contributed by atoms with Crippen LogP contribution in [0.1, 0.15) is 37.2 Å². The van der Waals surface area contributed by atoms with E-state index in [0.29, 0.717) is 37.3 Å². The van der Waals surface area contributed by atoms with Crippen molar-refractivity contribution in [2.75, 3.05) is 26.2 Å². The number of piperidine rings is 3. The zero-order chi connectivity index (χ0) is 18.7. The van der Waals surface area contributed by atoms with Crippen molar-refractivity contribution in [2.24, 2.45) is 11.8 Å². The van der Waals surface area contributed by atoms with Crippen LogP contribution in [0.15, 0.2) is 6.20 Å². The first-order valence-electron chi connectivity index (χ1n) is 9.11. The van der Waals surface area contributed by atoms with Crippen LogP contribution in [0, 0.1) is 11.8 Å². The van der Waals surface area contributed by atoms with E-state index in [-0.39, 0.29) is 23.5 Å². The Labute approximate surface area is 152 Å². The van der Waals surface area contributed by atoms with Gasteiger partial charge in [-0.25, -0.2) is 0 Å². The van der Waals surface area contributed by atoms with Gasteiger partial charge in [0.2, 0.25) is 11.8 Å². The minimum Gasteiger partial charge on any atom is -0.355 e. The maximum absolute atomic E-state index is 12.5. The quantitative estimate of drug-likeness (QED) is 0.497. The number of nitrogens with zero attached hydrogens (tertiary/aromatic N) is 4. The predicted octanol–water partition coefficient (Wildman–Crippen LogP) is -0.557. The molecule has 26 heavy (non-hydrogen) atoms. The molecule has 1 aromatic heterocycles. The summed E-state index contributed by atoms with van der Waals surface area (Å²) in [5.74, 6) is 0.259. The van der Waals surface area contributed by atoms with Gasteiger partial charge in [-0.1, -0.05) is 5.21 Å². The van der Waals surface area contributed by atoms with Gasteiger partial charge in [-0.3, -0.25) is 24.0 Å². The Kier molecular flexibility index (Phi) is 5.65. The predicted molar refractivity (Wildman–Crippen MR) is 93.3 cm³/mol. The van der Waals surface area contributed by atoms with Gasteiger partial charge in [0, 0.05) is 39.5 Å². The molecule has 142 valence electrons.